The molecule has 2 aromatic carbocycles. The minimum Gasteiger partial charge on any atom is -0.495 e. The average molecular weight is 407 g/mol. The van der Waals surface area contributed by atoms with Crippen molar-refractivity contribution < 1.29 is 31.8 Å². The average Bonchev–Trinajstić information content (AvgIpc) is 2.59. The highest BCUT2D eigenvalue weighted by Gasteiger charge is 2.31. The zero-order valence-electron chi connectivity index (χ0n) is 14.2. The van der Waals surface area contributed by atoms with Crippen molar-refractivity contribution >= 4 is 23.3 Å². The summed E-state index contributed by atoms with van der Waals surface area (Å²) in [6.45, 7) is -0.321. The van der Waals surface area contributed by atoms with E-state index in [9.17, 15) is 22.4 Å². The Morgan fingerprint density at radius 2 is 1.74 bits per heavy atom. The fourth-order valence-electron chi connectivity index (χ4n) is 2.22. The predicted octanol–water partition coefficient (Wildman–Crippen LogP) is 4.84. The quantitative estimate of drug-likeness (QED) is 0.699. The number of anilines is 1. The summed E-state index contributed by atoms with van der Waals surface area (Å²) in [5.41, 5.74) is -0.962. The molecule has 0 atom stereocenters. The lowest BCUT2D eigenvalue weighted by atomic mass is 10.1. The second-order valence-electron chi connectivity index (χ2n) is 5.34. The molecule has 0 saturated heterocycles. The minimum atomic E-state index is -4.69. The van der Waals surface area contributed by atoms with Gasteiger partial charge in [-0.1, -0.05) is 11.6 Å². The van der Waals surface area contributed by atoms with Crippen molar-refractivity contribution in [1.29, 1.82) is 0 Å². The Kier molecular flexibility index (Phi) is 6.37. The highest BCUT2D eigenvalue weighted by atomic mass is 35.5. The third-order valence-corrected chi connectivity index (χ3v) is 3.76. The Morgan fingerprint density at radius 1 is 1.07 bits per heavy atom. The number of carbonyl (C=O) groups excluding carboxylic acids is 1. The summed E-state index contributed by atoms with van der Waals surface area (Å²) in [6, 6.07) is 4.15. The molecule has 2 N–H and O–H groups in total. The van der Waals surface area contributed by atoms with E-state index >= 15 is 0 Å². The van der Waals surface area contributed by atoms with E-state index in [1.807, 2.05) is 0 Å². The van der Waals surface area contributed by atoms with Crippen molar-refractivity contribution in [1.82, 2.24) is 5.32 Å². The lowest BCUT2D eigenvalue weighted by Crippen LogP contribution is -2.28. The molecule has 5 nitrogen and oxygen atoms in total. The third-order valence-electron chi connectivity index (χ3n) is 3.46. The van der Waals surface area contributed by atoms with Crippen LogP contribution < -0.4 is 20.1 Å². The second-order valence-corrected chi connectivity index (χ2v) is 5.75. The van der Waals surface area contributed by atoms with Crippen molar-refractivity contribution in [2.45, 2.75) is 12.7 Å². The summed E-state index contributed by atoms with van der Waals surface area (Å²) in [7, 11) is 2.78. The van der Waals surface area contributed by atoms with Crippen molar-refractivity contribution in [2.75, 3.05) is 19.5 Å². The van der Waals surface area contributed by atoms with Crippen LogP contribution in [-0.4, -0.2) is 20.3 Å². The van der Waals surface area contributed by atoms with Crippen molar-refractivity contribution in [2.24, 2.45) is 0 Å². The van der Waals surface area contributed by atoms with Gasteiger partial charge in [-0.15, -0.1) is 0 Å². The normalized spacial score (nSPS) is 11.1. The maximum absolute atomic E-state index is 13.4. The number of hydrogen-bond donors (Lipinski definition) is 2. The molecule has 0 saturated carbocycles. The highest BCUT2D eigenvalue weighted by Crippen LogP contribution is 2.36. The number of amides is 2. The lowest BCUT2D eigenvalue weighted by molar-refractivity contribution is -0.137. The number of urea groups is 1. The van der Waals surface area contributed by atoms with E-state index in [0.717, 1.165) is 12.1 Å². The van der Waals surface area contributed by atoms with Crippen molar-refractivity contribution in [3.63, 3.8) is 0 Å². The van der Waals surface area contributed by atoms with Gasteiger partial charge in [0, 0.05) is 12.6 Å². The number of methoxy groups -OCH3 is 2. The summed E-state index contributed by atoms with van der Waals surface area (Å²) in [5, 5.41) is 5.01. The van der Waals surface area contributed by atoms with Crippen LogP contribution in [0.2, 0.25) is 5.02 Å². The van der Waals surface area contributed by atoms with Crippen LogP contribution in [0.4, 0.5) is 28.0 Å². The second kappa shape index (κ2) is 8.34. The smallest absolute Gasteiger partial charge is 0.416 e. The van der Waals surface area contributed by atoms with E-state index in [-0.39, 0.29) is 28.6 Å². The van der Waals surface area contributed by atoms with Gasteiger partial charge < -0.3 is 20.1 Å². The van der Waals surface area contributed by atoms with Gasteiger partial charge in [-0.25, -0.2) is 9.18 Å². The summed E-state index contributed by atoms with van der Waals surface area (Å²) in [5.74, 6) is -0.457. The van der Waals surface area contributed by atoms with Crippen LogP contribution in [0.25, 0.3) is 0 Å². The Labute approximate surface area is 157 Å². The monoisotopic (exact) mass is 406 g/mol. The van der Waals surface area contributed by atoms with Gasteiger partial charge in [-0.05, 0) is 29.8 Å². The van der Waals surface area contributed by atoms with Crippen LogP contribution in [-0.2, 0) is 12.7 Å². The molecule has 146 valence electrons. The van der Waals surface area contributed by atoms with E-state index in [0.29, 0.717) is 11.8 Å². The van der Waals surface area contributed by atoms with E-state index in [2.05, 4.69) is 10.6 Å². The molecule has 2 aromatic rings. The Hall–Kier alpha value is -2.68. The van der Waals surface area contributed by atoms with Crippen LogP contribution in [0, 0.1) is 5.82 Å². The van der Waals surface area contributed by atoms with Gasteiger partial charge in [0.2, 0.25) is 0 Å². The number of alkyl halides is 3. The highest BCUT2D eigenvalue weighted by molar-refractivity contribution is 6.32. The zero-order chi connectivity index (χ0) is 20.2. The molecule has 0 radical (unpaired) electrons. The maximum atomic E-state index is 13.4. The van der Waals surface area contributed by atoms with Crippen LogP contribution in [0.5, 0.6) is 11.5 Å². The van der Waals surface area contributed by atoms with E-state index in [1.165, 1.54) is 26.4 Å². The molecule has 0 bridgehead atoms. The molecule has 0 aliphatic heterocycles. The first-order valence-corrected chi connectivity index (χ1v) is 7.85. The number of ether oxygens (including phenoxy) is 2. The fourth-order valence-corrected chi connectivity index (χ4v) is 2.46. The van der Waals surface area contributed by atoms with Gasteiger partial charge in [0.1, 0.15) is 17.3 Å². The molecule has 0 heterocycles. The largest absolute Gasteiger partial charge is 0.495 e. The number of nitrogens with one attached hydrogen (secondary N) is 2. The summed E-state index contributed by atoms with van der Waals surface area (Å²) in [4.78, 5) is 12.0. The molecule has 2 amide bonds. The molecule has 0 aliphatic rings. The molecule has 0 fully saturated rings. The number of rotatable bonds is 5. The van der Waals surface area contributed by atoms with Crippen LogP contribution >= 0.6 is 11.6 Å². The van der Waals surface area contributed by atoms with Gasteiger partial charge >= 0.3 is 12.2 Å². The fraction of sp³-hybridized carbons (Fsp3) is 0.235. The first-order valence-electron chi connectivity index (χ1n) is 7.47. The van der Waals surface area contributed by atoms with Gasteiger partial charge in [0.25, 0.3) is 0 Å². The SMILES string of the molecule is COc1cc(OC)c(NC(=O)NCc2cc(F)cc(C(F)(F)F)c2)cc1Cl. The van der Waals surface area contributed by atoms with Crippen molar-refractivity contribution in [3.8, 4) is 11.5 Å². The topological polar surface area (TPSA) is 59.6 Å². The molecular formula is C17H15ClF4N2O3. The molecule has 0 aromatic heterocycles. The number of hydrogen-bond acceptors (Lipinski definition) is 3. The Bertz CT molecular complexity index is 844. The molecule has 0 unspecified atom stereocenters. The number of halogens is 5. The van der Waals surface area contributed by atoms with Crippen LogP contribution in [0.3, 0.4) is 0 Å². The zero-order valence-corrected chi connectivity index (χ0v) is 15.0. The van der Waals surface area contributed by atoms with Gasteiger partial charge in [-0.2, -0.15) is 13.2 Å². The van der Waals surface area contributed by atoms with Crippen LogP contribution in [0.1, 0.15) is 11.1 Å². The molecule has 0 spiro atoms. The summed E-state index contributed by atoms with van der Waals surface area (Å²) >= 11 is 5.99. The third kappa shape index (κ3) is 5.40. The van der Waals surface area contributed by atoms with Gasteiger partial charge in [-0.3, -0.25) is 0 Å². The predicted molar refractivity (Wildman–Crippen MR) is 91.8 cm³/mol. The number of carbonyl (C=O) groups is 1. The summed E-state index contributed by atoms with van der Waals surface area (Å²) in [6.07, 6.45) is -4.69. The van der Waals surface area contributed by atoms with Crippen LogP contribution in [0.15, 0.2) is 30.3 Å². The Balaban J connectivity index is 2.09. The van der Waals surface area contributed by atoms with E-state index in [4.69, 9.17) is 21.1 Å². The molecular weight excluding hydrogens is 392 g/mol. The van der Waals surface area contributed by atoms with Gasteiger partial charge in [0.15, 0.2) is 0 Å². The lowest BCUT2D eigenvalue weighted by Gasteiger charge is -2.14. The first-order chi connectivity index (χ1) is 12.6. The minimum absolute atomic E-state index is 0.0443. The molecule has 0 aliphatic carbocycles. The van der Waals surface area contributed by atoms with E-state index < -0.39 is 23.6 Å². The van der Waals surface area contributed by atoms with Gasteiger partial charge in [0.05, 0.1) is 30.5 Å². The number of benzene rings is 2. The first kappa shape index (κ1) is 20.6. The Morgan fingerprint density at radius 3 is 2.33 bits per heavy atom. The van der Waals surface area contributed by atoms with Crippen molar-refractivity contribution in [3.05, 3.63) is 52.3 Å². The van der Waals surface area contributed by atoms with E-state index in [1.54, 1.807) is 0 Å². The standard InChI is InChI=1S/C17H15ClF4N2O3/c1-26-14-7-15(27-2)13(6-12(14)18)24-16(25)23-8-9-3-10(17(20,21)22)5-11(19)4-9/h3-7H,8H2,1-2H3,(H2,23,24,25). The summed E-state index contributed by atoms with van der Waals surface area (Å²) < 4.78 is 61.7. The molecule has 2 rings (SSSR count). The molecule has 10 heteroatoms. The molecule has 27 heavy (non-hydrogen) atoms. The maximum Gasteiger partial charge on any atom is 0.416 e.